The smallest absolute Gasteiger partial charge is 0.247 e. The minimum atomic E-state index is -0.282. The lowest BCUT2D eigenvalue weighted by Gasteiger charge is -2.21. The van der Waals surface area contributed by atoms with Crippen LogP contribution in [0, 0.1) is 5.92 Å². The van der Waals surface area contributed by atoms with Gasteiger partial charge in [-0.25, -0.2) is 0 Å². The summed E-state index contributed by atoms with van der Waals surface area (Å²) in [6.07, 6.45) is 1.80. The minimum absolute atomic E-state index is 0.0129. The van der Waals surface area contributed by atoms with Gasteiger partial charge in [-0.05, 0) is 24.9 Å². The molecule has 94 valence electrons. The van der Waals surface area contributed by atoms with Crippen molar-refractivity contribution < 1.29 is 9.59 Å². The van der Waals surface area contributed by atoms with Gasteiger partial charge in [0.25, 0.3) is 0 Å². The van der Waals surface area contributed by atoms with Crippen LogP contribution in [0.15, 0.2) is 30.3 Å². The highest BCUT2D eigenvalue weighted by molar-refractivity contribution is 6.07. The van der Waals surface area contributed by atoms with Crippen molar-refractivity contribution in [3.05, 3.63) is 35.9 Å². The molecule has 1 aromatic rings. The highest BCUT2D eigenvalue weighted by atomic mass is 16.2. The molecule has 2 aliphatic rings. The standard InChI is InChI=1S/C14H16N2O2/c17-13-11-7-4-8-15-12(11)14(18)16(13)9-10-5-2-1-3-6-10/h1-3,5-6,11-12,15H,4,7-9H2/t11-,12+/m1/s1. The van der Waals surface area contributed by atoms with Crippen LogP contribution < -0.4 is 5.32 Å². The summed E-state index contributed by atoms with van der Waals surface area (Å²) in [6, 6.07) is 9.37. The molecule has 18 heavy (non-hydrogen) atoms. The fourth-order valence-electron chi connectivity index (χ4n) is 2.81. The number of amides is 2. The van der Waals surface area contributed by atoms with Crippen LogP contribution in [-0.2, 0) is 16.1 Å². The van der Waals surface area contributed by atoms with Crippen molar-refractivity contribution in [2.24, 2.45) is 5.92 Å². The molecule has 2 aliphatic heterocycles. The van der Waals surface area contributed by atoms with Crippen LogP contribution in [0.25, 0.3) is 0 Å². The Labute approximate surface area is 106 Å². The summed E-state index contributed by atoms with van der Waals surface area (Å²) >= 11 is 0. The second kappa shape index (κ2) is 4.53. The first kappa shape index (κ1) is 11.4. The molecule has 0 radical (unpaired) electrons. The van der Waals surface area contributed by atoms with Gasteiger partial charge in [-0.3, -0.25) is 14.5 Å². The molecule has 0 aromatic heterocycles. The molecule has 1 aromatic carbocycles. The maximum atomic E-state index is 12.2. The summed E-state index contributed by atoms with van der Waals surface area (Å²) in [4.78, 5) is 25.8. The number of benzene rings is 1. The molecular formula is C14H16N2O2. The van der Waals surface area contributed by atoms with Gasteiger partial charge in [0.2, 0.25) is 11.8 Å². The van der Waals surface area contributed by atoms with Gasteiger partial charge in [-0.1, -0.05) is 30.3 Å². The third kappa shape index (κ3) is 1.82. The molecule has 2 amide bonds. The van der Waals surface area contributed by atoms with E-state index in [1.165, 1.54) is 4.90 Å². The second-order valence-electron chi connectivity index (χ2n) is 4.93. The zero-order chi connectivity index (χ0) is 12.5. The average Bonchev–Trinajstić information content (AvgIpc) is 2.66. The van der Waals surface area contributed by atoms with Gasteiger partial charge in [0, 0.05) is 0 Å². The van der Waals surface area contributed by atoms with E-state index < -0.39 is 0 Å². The maximum Gasteiger partial charge on any atom is 0.247 e. The molecule has 0 aliphatic carbocycles. The zero-order valence-corrected chi connectivity index (χ0v) is 10.1. The highest BCUT2D eigenvalue weighted by Gasteiger charge is 2.48. The van der Waals surface area contributed by atoms with Gasteiger partial charge in [0.15, 0.2) is 0 Å². The maximum absolute atomic E-state index is 12.2. The number of hydrogen-bond acceptors (Lipinski definition) is 3. The Kier molecular flexibility index (Phi) is 2.88. The summed E-state index contributed by atoms with van der Waals surface area (Å²) in [5, 5.41) is 3.16. The van der Waals surface area contributed by atoms with E-state index in [1.807, 2.05) is 30.3 Å². The zero-order valence-electron chi connectivity index (χ0n) is 10.1. The van der Waals surface area contributed by atoms with Gasteiger partial charge >= 0.3 is 0 Å². The quantitative estimate of drug-likeness (QED) is 0.787. The number of carbonyl (C=O) groups is 2. The highest BCUT2D eigenvalue weighted by Crippen LogP contribution is 2.28. The first-order chi connectivity index (χ1) is 8.77. The first-order valence-electron chi connectivity index (χ1n) is 6.40. The summed E-state index contributed by atoms with van der Waals surface area (Å²) in [6.45, 7) is 1.23. The van der Waals surface area contributed by atoms with Crippen molar-refractivity contribution in [1.29, 1.82) is 0 Å². The number of imide groups is 1. The number of piperidine rings is 1. The Balaban J connectivity index is 1.80. The Hall–Kier alpha value is -1.68. The van der Waals surface area contributed by atoms with Gasteiger partial charge in [-0.15, -0.1) is 0 Å². The molecule has 0 spiro atoms. The first-order valence-corrected chi connectivity index (χ1v) is 6.40. The predicted octanol–water partition coefficient (Wildman–Crippen LogP) is 0.924. The number of rotatable bonds is 2. The SMILES string of the molecule is O=C1[C@H]2NCCC[C@H]2C(=O)N1Cc1ccccc1. The molecule has 4 heteroatoms. The van der Waals surface area contributed by atoms with Crippen LogP contribution in [0.5, 0.6) is 0 Å². The average molecular weight is 244 g/mol. The van der Waals surface area contributed by atoms with Crippen LogP contribution in [-0.4, -0.2) is 29.3 Å². The predicted molar refractivity (Wildman–Crippen MR) is 66.5 cm³/mol. The van der Waals surface area contributed by atoms with Crippen molar-refractivity contribution in [3.63, 3.8) is 0 Å². The molecule has 2 heterocycles. The molecule has 2 saturated heterocycles. The number of carbonyl (C=O) groups excluding carboxylic acids is 2. The van der Waals surface area contributed by atoms with E-state index in [9.17, 15) is 9.59 Å². The molecule has 4 nitrogen and oxygen atoms in total. The third-order valence-corrected chi connectivity index (χ3v) is 3.76. The van der Waals surface area contributed by atoms with Crippen LogP contribution >= 0.6 is 0 Å². The minimum Gasteiger partial charge on any atom is -0.305 e. The lowest BCUT2D eigenvalue weighted by atomic mass is 9.93. The molecule has 0 bridgehead atoms. The van der Waals surface area contributed by atoms with E-state index in [-0.39, 0.29) is 23.8 Å². The summed E-state index contributed by atoms with van der Waals surface area (Å²) in [7, 11) is 0. The van der Waals surface area contributed by atoms with Crippen molar-refractivity contribution in [1.82, 2.24) is 10.2 Å². The van der Waals surface area contributed by atoms with E-state index >= 15 is 0 Å². The largest absolute Gasteiger partial charge is 0.305 e. The lowest BCUT2D eigenvalue weighted by molar-refractivity contribution is -0.140. The van der Waals surface area contributed by atoms with Crippen LogP contribution in [0.1, 0.15) is 18.4 Å². The van der Waals surface area contributed by atoms with Crippen molar-refractivity contribution in [2.45, 2.75) is 25.4 Å². The van der Waals surface area contributed by atoms with Crippen molar-refractivity contribution >= 4 is 11.8 Å². The Morgan fingerprint density at radius 3 is 2.67 bits per heavy atom. The van der Waals surface area contributed by atoms with Gasteiger partial charge < -0.3 is 5.32 Å². The van der Waals surface area contributed by atoms with E-state index in [0.29, 0.717) is 6.54 Å². The Bertz CT molecular complexity index is 448. The van der Waals surface area contributed by atoms with Crippen LogP contribution in [0.2, 0.25) is 0 Å². The van der Waals surface area contributed by atoms with Gasteiger partial charge in [0.1, 0.15) is 0 Å². The Morgan fingerprint density at radius 2 is 1.94 bits per heavy atom. The molecule has 0 saturated carbocycles. The lowest BCUT2D eigenvalue weighted by Crippen LogP contribution is -2.44. The van der Waals surface area contributed by atoms with Gasteiger partial charge in [-0.2, -0.15) is 0 Å². The molecular weight excluding hydrogens is 228 g/mol. The molecule has 3 rings (SSSR count). The van der Waals surface area contributed by atoms with E-state index in [1.54, 1.807) is 0 Å². The third-order valence-electron chi connectivity index (χ3n) is 3.76. The normalized spacial score (nSPS) is 27.4. The number of likely N-dealkylation sites (tertiary alicyclic amines) is 1. The number of nitrogens with one attached hydrogen (secondary N) is 1. The topological polar surface area (TPSA) is 49.4 Å². The number of hydrogen-bond donors (Lipinski definition) is 1. The van der Waals surface area contributed by atoms with Crippen molar-refractivity contribution in [3.8, 4) is 0 Å². The Morgan fingerprint density at radius 1 is 1.17 bits per heavy atom. The second-order valence-corrected chi connectivity index (χ2v) is 4.93. The molecule has 0 unspecified atom stereocenters. The summed E-state index contributed by atoms with van der Waals surface area (Å²) in [5.41, 5.74) is 0.998. The molecule has 2 fully saturated rings. The van der Waals surface area contributed by atoms with Crippen LogP contribution in [0.3, 0.4) is 0 Å². The van der Waals surface area contributed by atoms with Gasteiger partial charge in [0.05, 0.1) is 18.5 Å². The number of nitrogens with zero attached hydrogens (tertiary/aromatic N) is 1. The van der Waals surface area contributed by atoms with Crippen molar-refractivity contribution in [2.75, 3.05) is 6.54 Å². The van der Waals surface area contributed by atoms with Crippen LogP contribution in [0.4, 0.5) is 0 Å². The van der Waals surface area contributed by atoms with E-state index in [2.05, 4.69) is 5.32 Å². The molecule has 1 N–H and O–H groups in total. The van der Waals surface area contributed by atoms with E-state index in [0.717, 1.165) is 24.9 Å². The molecule has 2 atom stereocenters. The monoisotopic (exact) mass is 244 g/mol. The summed E-state index contributed by atoms with van der Waals surface area (Å²) < 4.78 is 0. The fraction of sp³-hybridized carbons (Fsp3) is 0.429. The number of fused-ring (bicyclic) bond motifs is 1. The van der Waals surface area contributed by atoms with E-state index in [4.69, 9.17) is 0 Å². The fourth-order valence-corrected chi connectivity index (χ4v) is 2.81. The summed E-state index contributed by atoms with van der Waals surface area (Å²) in [5.74, 6) is -0.218.